The molecule has 2 heterocycles. The number of hydrogen-bond donors (Lipinski definition) is 1. The normalized spacial score (nSPS) is 14.7. The largest absolute Gasteiger partial charge is 0.296 e. The predicted molar refractivity (Wildman–Crippen MR) is 112 cm³/mol. The maximum absolute atomic E-state index is 13.9. The summed E-state index contributed by atoms with van der Waals surface area (Å²) < 4.78 is 15.7. The van der Waals surface area contributed by atoms with Gasteiger partial charge in [0.2, 0.25) is 0 Å². The van der Waals surface area contributed by atoms with Gasteiger partial charge in [0.15, 0.2) is 5.69 Å². The molecular weight excluding hydrogens is 391 g/mol. The lowest BCUT2D eigenvalue weighted by Gasteiger charge is -2.26. The summed E-state index contributed by atoms with van der Waals surface area (Å²) in [4.78, 5) is 17.6. The van der Waals surface area contributed by atoms with E-state index in [9.17, 15) is 9.18 Å². The molecule has 1 aliphatic heterocycles. The molecular formula is C22H22ClFN4O. The summed E-state index contributed by atoms with van der Waals surface area (Å²) >= 11 is 6.41. The van der Waals surface area contributed by atoms with E-state index < -0.39 is 0 Å². The molecule has 1 aromatic heterocycles. The molecule has 0 radical (unpaired) electrons. The van der Waals surface area contributed by atoms with Gasteiger partial charge in [0.25, 0.3) is 5.91 Å². The Hall–Kier alpha value is -2.70. The van der Waals surface area contributed by atoms with Crippen molar-refractivity contribution in [3.63, 3.8) is 0 Å². The molecule has 1 saturated heterocycles. The van der Waals surface area contributed by atoms with E-state index in [2.05, 4.69) is 10.4 Å². The molecule has 5 nitrogen and oxygen atoms in total. The van der Waals surface area contributed by atoms with Crippen molar-refractivity contribution in [1.82, 2.24) is 20.0 Å². The Morgan fingerprint density at radius 3 is 2.59 bits per heavy atom. The molecule has 0 saturated carbocycles. The maximum Gasteiger partial charge on any atom is 0.286 e. The Bertz CT molecular complexity index is 1040. The summed E-state index contributed by atoms with van der Waals surface area (Å²) in [5, 5.41) is 2.44. The zero-order valence-electron chi connectivity index (χ0n) is 16.2. The Morgan fingerprint density at radius 2 is 1.86 bits per heavy atom. The highest BCUT2D eigenvalue weighted by Gasteiger charge is 2.24. The third kappa shape index (κ3) is 4.04. The van der Waals surface area contributed by atoms with E-state index in [0.29, 0.717) is 33.5 Å². The Balaban J connectivity index is 1.80. The molecule has 29 heavy (non-hydrogen) atoms. The van der Waals surface area contributed by atoms with Gasteiger partial charge in [0.05, 0.1) is 16.4 Å². The molecule has 7 heteroatoms. The van der Waals surface area contributed by atoms with Crippen molar-refractivity contribution in [1.29, 1.82) is 0 Å². The fraction of sp³-hybridized carbons (Fsp3) is 0.273. The van der Waals surface area contributed by atoms with E-state index in [4.69, 9.17) is 11.6 Å². The lowest BCUT2D eigenvalue weighted by molar-refractivity contribution is 0.0744. The van der Waals surface area contributed by atoms with E-state index in [-0.39, 0.29) is 11.7 Å². The van der Waals surface area contributed by atoms with Crippen LogP contribution in [-0.2, 0) is 0 Å². The molecule has 0 atom stereocenters. The number of carbonyl (C=O) groups excluding carboxylic acids is 1. The van der Waals surface area contributed by atoms with Crippen molar-refractivity contribution in [2.24, 2.45) is 0 Å². The van der Waals surface area contributed by atoms with Gasteiger partial charge in [-0.1, -0.05) is 36.2 Å². The first-order valence-corrected chi connectivity index (χ1v) is 10.1. The van der Waals surface area contributed by atoms with Gasteiger partial charge in [0, 0.05) is 18.7 Å². The van der Waals surface area contributed by atoms with Crippen molar-refractivity contribution in [3.8, 4) is 17.1 Å². The average Bonchev–Trinajstić information content (AvgIpc) is 3.06. The van der Waals surface area contributed by atoms with Crippen LogP contribution in [0.25, 0.3) is 17.1 Å². The van der Waals surface area contributed by atoms with E-state index >= 15 is 0 Å². The van der Waals surface area contributed by atoms with Gasteiger partial charge in [-0.2, -0.15) is 0 Å². The highest BCUT2D eigenvalue weighted by Crippen LogP contribution is 2.31. The number of nitrogens with zero attached hydrogens (tertiary/aromatic N) is 3. The minimum atomic E-state index is -0.361. The van der Waals surface area contributed by atoms with Crippen molar-refractivity contribution in [3.05, 3.63) is 70.8 Å². The Kier molecular flexibility index (Phi) is 5.65. The lowest BCUT2D eigenvalue weighted by Crippen LogP contribution is -2.45. The van der Waals surface area contributed by atoms with E-state index in [1.54, 1.807) is 22.8 Å². The average molecular weight is 413 g/mol. The van der Waals surface area contributed by atoms with Crippen LogP contribution in [0, 0.1) is 12.7 Å². The third-order valence-corrected chi connectivity index (χ3v) is 5.45. The van der Waals surface area contributed by atoms with Crippen LogP contribution in [0.2, 0.25) is 5.02 Å². The van der Waals surface area contributed by atoms with Crippen LogP contribution in [0.1, 0.15) is 35.4 Å². The number of carbonyl (C=O) groups is 1. The predicted octanol–water partition coefficient (Wildman–Crippen LogP) is 4.77. The highest BCUT2D eigenvalue weighted by molar-refractivity contribution is 6.33. The van der Waals surface area contributed by atoms with Crippen LogP contribution in [0.3, 0.4) is 0 Å². The molecule has 4 rings (SSSR count). The molecule has 0 spiro atoms. The molecule has 2 aromatic carbocycles. The van der Waals surface area contributed by atoms with E-state index in [1.165, 1.54) is 18.6 Å². The molecule has 3 aromatic rings. The number of imidazole rings is 1. The molecule has 1 amide bonds. The van der Waals surface area contributed by atoms with Gasteiger partial charge in [-0.15, -0.1) is 0 Å². The number of halogens is 2. The number of nitrogens with one attached hydrogen (secondary N) is 1. The Labute approximate surface area is 174 Å². The number of hydrogen-bond acceptors (Lipinski definition) is 3. The quantitative estimate of drug-likeness (QED) is 0.671. The number of piperidine rings is 1. The number of hydrazine groups is 1. The minimum absolute atomic E-state index is 0.271. The van der Waals surface area contributed by atoms with Crippen molar-refractivity contribution >= 4 is 17.5 Å². The summed E-state index contributed by atoms with van der Waals surface area (Å²) in [5.41, 5.74) is 5.15. The minimum Gasteiger partial charge on any atom is -0.296 e. The molecule has 1 fully saturated rings. The van der Waals surface area contributed by atoms with Gasteiger partial charge >= 0.3 is 0 Å². The Morgan fingerprint density at radius 1 is 1.10 bits per heavy atom. The first-order valence-electron chi connectivity index (χ1n) is 9.70. The van der Waals surface area contributed by atoms with Gasteiger partial charge in [0.1, 0.15) is 11.6 Å². The summed E-state index contributed by atoms with van der Waals surface area (Å²) in [7, 11) is 0. The molecule has 0 bridgehead atoms. The first-order chi connectivity index (χ1) is 14.0. The molecule has 1 aliphatic rings. The zero-order chi connectivity index (χ0) is 20.4. The zero-order valence-corrected chi connectivity index (χ0v) is 16.9. The van der Waals surface area contributed by atoms with E-state index in [1.807, 2.05) is 30.1 Å². The maximum atomic E-state index is 13.9. The third-order valence-electron chi connectivity index (χ3n) is 5.12. The monoisotopic (exact) mass is 412 g/mol. The fourth-order valence-electron chi connectivity index (χ4n) is 3.67. The van der Waals surface area contributed by atoms with Crippen LogP contribution < -0.4 is 5.43 Å². The molecule has 150 valence electrons. The standard InChI is InChI=1S/C22H22ClFN4O/c1-15-20(22(29)26-27-12-5-2-6-13-27)25-21(18-10-3-4-11-19(18)23)28(15)17-9-7-8-16(24)14-17/h3-4,7-11,14H,2,5-6,12-13H2,1H3,(H,26,29). The molecule has 0 unspecified atom stereocenters. The number of benzene rings is 2. The van der Waals surface area contributed by atoms with Crippen molar-refractivity contribution in [2.45, 2.75) is 26.2 Å². The summed E-state index contributed by atoms with van der Waals surface area (Å²) in [6.07, 6.45) is 3.29. The fourth-order valence-corrected chi connectivity index (χ4v) is 3.89. The second-order valence-corrected chi connectivity index (χ2v) is 7.56. The van der Waals surface area contributed by atoms with Crippen LogP contribution in [0.4, 0.5) is 4.39 Å². The van der Waals surface area contributed by atoms with Crippen molar-refractivity contribution in [2.75, 3.05) is 13.1 Å². The number of rotatable bonds is 4. The SMILES string of the molecule is Cc1c(C(=O)NN2CCCCC2)nc(-c2ccccc2Cl)n1-c1cccc(F)c1. The first kappa shape index (κ1) is 19.6. The number of aromatic nitrogens is 2. The van der Waals surface area contributed by atoms with Crippen LogP contribution in [0.5, 0.6) is 0 Å². The topological polar surface area (TPSA) is 50.2 Å². The number of amides is 1. The second kappa shape index (κ2) is 8.35. The van der Waals surface area contributed by atoms with Crippen LogP contribution in [-0.4, -0.2) is 33.6 Å². The van der Waals surface area contributed by atoms with Gasteiger partial charge in [-0.25, -0.2) is 14.4 Å². The second-order valence-electron chi connectivity index (χ2n) is 7.15. The smallest absolute Gasteiger partial charge is 0.286 e. The van der Waals surface area contributed by atoms with Crippen molar-refractivity contribution < 1.29 is 9.18 Å². The van der Waals surface area contributed by atoms with Gasteiger partial charge in [-0.05, 0) is 50.1 Å². The molecule has 1 N–H and O–H groups in total. The summed E-state index contributed by atoms with van der Waals surface area (Å²) in [6, 6.07) is 13.5. The summed E-state index contributed by atoms with van der Waals surface area (Å²) in [6.45, 7) is 3.46. The molecule has 0 aliphatic carbocycles. The van der Waals surface area contributed by atoms with Crippen LogP contribution >= 0.6 is 11.6 Å². The van der Waals surface area contributed by atoms with Gasteiger partial charge in [-0.3, -0.25) is 14.8 Å². The van der Waals surface area contributed by atoms with Gasteiger partial charge < -0.3 is 0 Å². The highest BCUT2D eigenvalue weighted by atomic mass is 35.5. The summed E-state index contributed by atoms with van der Waals surface area (Å²) in [5.74, 6) is -0.129. The lowest BCUT2D eigenvalue weighted by atomic mass is 10.2. The van der Waals surface area contributed by atoms with E-state index in [0.717, 1.165) is 25.9 Å². The van der Waals surface area contributed by atoms with Crippen LogP contribution in [0.15, 0.2) is 48.5 Å².